The molecule has 0 saturated heterocycles. The summed E-state index contributed by atoms with van der Waals surface area (Å²) in [4.78, 5) is 4.61. The van der Waals surface area contributed by atoms with E-state index in [2.05, 4.69) is 87.5 Å². The predicted octanol–water partition coefficient (Wildman–Crippen LogP) is 9.01. The van der Waals surface area contributed by atoms with Crippen LogP contribution in [-0.2, 0) is 0 Å². The van der Waals surface area contributed by atoms with Crippen LogP contribution >= 0.6 is 0 Å². The first kappa shape index (κ1) is 24.4. The summed E-state index contributed by atoms with van der Waals surface area (Å²) in [5.74, 6) is 1.26. The van der Waals surface area contributed by atoms with Crippen molar-refractivity contribution in [3.63, 3.8) is 0 Å². The molecule has 4 rings (SSSR count). The van der Waals surface area contributed by atoms with Crippen LogP contribution in [-0.4, -0.2) is 9.55 Å². The van der Waals surface area contributed by atoms with Gasteiger partial charge in [-0.05, 0) is 70.5 Å². The number of hydrogen-bond donors (Lipinski definition) is 0. The summed E-state index contributed by atoms with van der Waals surface area (Å²) in [7, 11) is 0. The number of hydrogen-bond acceptors (Lipinski definition) is 1. The zero-order valence-corrected chi connectivity index (χ0v) is 20.6. The van der Waals surface area contributed by atoms with Gasteiger partial charge in [0.25, 0.3) is 0 Å². The molecule has 0 bridgehead atoms. The number of benzene rings is 3. The zero-order chi connectivity index (χ0) is 24.0. The lowest BCUT2D eigenvalue weighted by Gasteiger charge is -2.23. The maximum absolute atomic E-state index is 13.5. The van der Waals surface area contributed by atoms with E-state index in [1.165, 1.54) is 46.5 Å². The van der Waals surface area contributed by atoms with Crippen molar-refractivity contribution < 1.29 is 4.39 Å². The fraction of sp³-hybridized carbons (Fsp3) is 0.300. The molecule has 0 spiro atoms. The van der Waals surface area contributed by atoms with E-state index >= 15 is 0 Å². The quantitative estimate of drug-likeness (QED) is 0.301. The Labute approximate surface area is 198 Å². The summed E-state index contributed by atoms with van der Waals surface area (Å²) >= 11 is 0. The first-order chi connectivity index (χ1) is 15.9. The molecule has 0 unspecified atom stereocenters. The lowest BCUT2D eigenvalue weighted by Crippen LogP contribution is -2.08. The molecule has 172 valence electrons. The van der Waals surface area contributed by atoms with Crippen LogP contribution in [0.3, 0.4) is 0 Å². The number of rotatable bonds is 5. The molecule has 0 aliphatic heterocycles. The third-order valence-electron chi connectivity index (χ3n) is 5.50. The highest BCUT2D eigenvalue weighted by molar-refractivity contribution is 5.71. The van der Waals surface area contributed by atoms with Crippen LogP contribution < -0.4 is 0 Å². The van der Waals surface area contributed by atoms with Crippen LogP contribution in [0.4, 0.5) is 4.39 Å². The minimum Gasteiger partial charge on any atom is -0.299 e. The summed E-state index contributed by atoms with van der Waals surface area (Å²) in [6.45, 7) is 13.2. The molecule has 0 atom stereocenters. The van der Waals surface area contributed by atoms with Crippen molar-refractivity contribution in [2.24, 2.45) is 0 Å². The standard InChI is InChI=1S/C27H27FN2.C3H8/c1-18(2)24-16-22(20-8-6-5-7-9-20)17-25(19(3)4)26(24)30-15-14-29-27(30)21-10-12-23(28)13-11-21;1-3-2/h5-19H,1-4H3;3H2,1-2H3. The van der Waals surface area contributed by atoms with E-state index in [4.69, 9.17) is 0 Å². The average Bonchev–Trinajstić information content (AvgIpc) is 3.29. The molecule has 1 aromatic heterocycles. The molecule has 0 radical (unpaired) electrons. The van der Waals surface area contributed by atoms with Gasteiger partial charge in [-0.3, -0.25) is 4.57 Å². The van der Waals surface area contributed by atoms with Crippen LogP contribution in [0.25, 0.3) is 28.2 Å². The highest BCUT2D eigenvalue weighted by atomic mass is 19.1. The summed E-state index contributed by atoms with van der Waals surface area (Å²) in [6, 6.07) is 21.7. The maximum Gasteiger partial charge on any atom is 0.144 e. The molecule has 0 N–H and O–H groups in total. The van der Waals surface area contributed by atoms with Crippen LogP contribution in [0.15, 0.2) is 79.1 Å². The number of halogens is 1. The third kappa shape index (κ3) is 5.60. The fourth-order valence-corrected chi connectivity index (χ4v) is 3.93. The summed E-state index contributed by atoms with van der Waals surface area (Å²) in [6.07, 6.45) is 5.08. The monoisotopic (exact) mass is 442 g/mol. The molecule has 2 nitrogen and oxygen atoms in total. The van der Waals surface area contributed by atoms with Crippen molar-refractivity contribution in [2.75, 3.05) is 0 Å². The maximum atomic E-state index is 13.5. The second-order valence-electron chi connectivity index (χ2n) is 9.01. The van der Waals surface area contributed by atoms with Crippen molar-refractivity contribution in [1.82, 2.24) is 9.55 Å². The molecule has 0 aliphatic carbocycles. The predicted molar refractivity (Wildman–Crippen MR) is 139 cm³/mol. The van der Waals surface area contributed by atoms with Crippen LogP contribution in [0.2, 0.25) is 0 Å². The van der Waals surface area contributed by atoms with E-state index in [1.54, 1.807) is 12.1 Å². The number of aromatic nitrogens is 2. The second-order valence-corrected chi connectivity index (χ2v) is 9.01. The first-order valence-corrected chi connectivity index (χ1v) is 11.9. The Morgan fingerprint density at radius 3 is 1.82 bits per heavy atom. The Morgan fingerprint density at radius 2 is 1.30 bits per heavy atom. The molecular weight excluding hydrogens is 407 g/mol. The summed E-state index contributed by atoms with van der Waals surface area (Å²) in [5, 5.41) is 0. The van der Waals surface area contributed by atoms with E-state index in [0.717, 1.165) is 11.4 Å². The lowest BCUT2D eigenvalue weighted by atomic mass is 9.88. The van der Waals surface area contributed by atoms with Crippen LogP contribution in [0.5, 0.6) is 0 Å². The van der Waals surface area contributed by atoms with Crippen LogP contribution in [0.1, 0.15) is 70.9 Å². The molecule has 1 heterocycles. The van der Waals surface area contributed by atoms with E-state index < -0.39 is 0 Å². The van der Waals surface area contributed by atoms with Gasteiger partial charge in [0.05, 0.1) is 5.69 Å². The van der Waals surface area contributed by atoms with E-state index in [1.807, 2.05) is 18.5 Å². The number of nitrogens with zero attached hydrogens (tertiary/aromatic N) is 2. The Hall–Kier alpha value is -3.20. The number of imidazole rings is 1. The largest absolute Gasteiger partial charge is 0.299 e. The zero-order valence-electron chi connectivity index (χ0n) is 20.6. The highest BCUT2D eigenvalue weighted by Crippen LogP contribution is 2.37. The normalized spacial score (nSPS) is 10.9. The van der Waals surface area contributed by atoms with Crippen molar-refractivity contribution in [3.05, 3.63) is 96.1 Å². The van der Waals surface area contributed by atoms with Crippen molar-refractivity contribution in [2.45, 2.75) is 59.8 Å². The third-order valence-corrected chi connectivity index (χ3v) is 5.50. The average molecular weight is 443 g/mol. The molecule has 0 aliphatic rings. The van der Waals surface area contributed by atoms with E-state index in [9.17, 15) is 4.39 Å². The Morgan fingerprint density at radius 1 is 0.758 bits per heavy atom. The molecule has 3 aromatic carbocycles. The molecule has 0 saturated carbocycles. The van der Waals surface area contributed by atoms with Gasteiger partial charge in [-0.25, -0.2) is 9.37 Å². The molecule has 4 aromatic rings. The lowest BCUT2D eigenvalue weighted by molar-refractivity contribution is 0.628. The first-order valence-electron chi connectivity index (χ1n) is 11.9. The molecule has 0 fully saturated rings. The molecular formula is C30H35FN2. The van der Waals surface area contributed by atoms with Gasteiger partial charge >= 0.3 is 0 Å². The Kier molecular flexibility index (Phi) is 8.21. The van der Waals surface area contributed by atoms with Crippen molar-refractivity contribution in [1.29, 1.82) is 0 Å². The SMILES string of the molecule is CC(C)c1cc(-c2ccccc2)cc(C(C)C)c1-n1ccnc1-c1ccc(F)cc1.CCC. The van der Waals surface area contributed by atoms with Crippen LogP contribution in [0, 0.1) is 5.82 Å². The summed E-state index contributed by atoms with van der Waals surface area (Å²) < 4.78 is 15.6. The topological polar surface area (TPSA) is 17.8 Å². The van der Waals surface area contributed by atoms with Gasteiger partial charge in [0.15, 0.2) is 0 Å². The summed E-state index contributed by atoms with van der Waals surface area (Å²) in [5.41, 5.74) is 7.09. The fourth-order valence-electron chi connectivity index (χ4n) is 3.93. The molecule has 3 heteroatoms. The van der Waals surface area contributed by atoms with Gasteiger partial charge in [0, 0.05) is 18.0 Å². The molecule has 0 amide bonds. The minimum atomic E-state index is -0.241. The minimum absolute atomic E-state index is 0.241. The van der Waals surface area contributed by atoms with Gasteiger partial charge in [-0.2, -0.15) is 0 Å². The van der Waals surface area contributed by atoms with Gasteiger partial charge in [0.1, 0.15) is 11.6 Å². The van der Waals surface area contributed by atoms with E-state index in [0.29, 0.717) is 11.8 Å². The Balaban J connectivity index is 0.000000968. The van der Waals surface area contributed by atoms with E-state index in [-0.39, 0.29) is 5.82 Å². The second kappa shape index (κ2) is 11.1. The van der Waals surface area contributed by atoms with Gasteiger partial charge < -0.3 is 0 Å². The Bertz CT molecular complexity index is 1130. The van der Waals surface area contributed by atoms with Crippen molar-refractivity contribution in [3.8, 4) is 28.2 Å². The van der Waals surface area contributed by atoms with Crippen molar-refractivity contribution >= 4 is 0 Å². The molecule has 33 heavy (non-hydrogen) atoms. The smallest absolute Gasteiger partial charge is 0.144 e. The highest BCUT2D eigenvalue weighted by Gasteiger charge is 2.20. The van der Waals surface area contributed by atoms with Gasteiger partial charge in [0.2, 0.25) is 0 Å². The van der Waals surface area contributed by atoms with Gasteiger partial charge in [-0.1, -0.05) is 78.3 Å². The van der Waals surface area contributed by atoms with Gasteiger partial charge in [-0.15, -0.1) is 0 Å².